The predicted octanol–water partition coefficient (Wildman–Crippen LogP) is 4.32. The van der Waals surface area contributed by atoms with Gasteiger partial charge < -0.3 is 0 Å². The standard InChI is InChI=1S/C15H9F3N2OS/c16-15(17,18)13-9-11(10-5-2-1-3-6-10)19-20(13)14(21)12-7-4-8-22-12/h1-9H. The van der Waals surface area contributed by atoms with Crippen LogP contribution in [-0.4, -0.2) is 15.7 Å². The molecule has 0 saturated carbocycles. The van der Waals surface area contributed by atoms with Crippen molar-refractivity contribution in [2.75, 3.05) is 0 Å². The van der Waals surface area contributed by atoms with Crippen LogP contribution in [0, 0.1) is 0 Å². The maximum absolute atomic E-state index is 13.2. The van der Waals surface area contributed by atoms with E-state index in [1.165, 1.54) is 6.07 Å². The van der Waals surface area contributed by atoms with Gasteiger partial charge in [0.1, 0.15) is 0 Å². The van der Waals surface area contributed by atoms with Crippen LogP contribution in [0.3, 0.4) is 0 Å². The fourth-order valence-electron chi connectivity index (χ4n) is 1.99. The highest BCUT2D eigenvalue weighted by molar-refractivity contribution is 7.12. The van der Waals surface area contributed by atoms with E-state index in [-0.39, 0.29) is 10.6 Å². The van der Waals surface area contributed by atoms with Gasteiger partial charge in [-0.15, -0.1) is 11.3 Å². The molecule has 0 atom stereocenters. The number of aromatic nitrogens is 2. The Morgan fingerprint density at radius 2 is 1.82 bits per heavy atom. The Bertz CT molecular complexity index is 792. The summed E-state index contributed by atoms with van der Waals surface area (Å²) in [5.41, 5.74) is -0.451. The Hall–Kier alpha value is -2.41. The van der Waals surface area contributed by atoms with Gasteiger partial charge in [-0.05, 0) is 17.5 Å². The van der Waals surface area contributed by atoms with E-state index >= 15 is 0 Å². The van der Waals surface area contributed by atoms with Crippen LogP contribution >= 0.6 is 11.3 Å². The van der Waals surface area contributed by atoms with E-state index in [0.717, 1.165) is 17.4 Å². The van der Waals surface area contributed by atoms with Crippen LogP contribution < -0.4 is 0 Å². The summed E-state index contributed by atoms with van der Waals surface area (Å²) in [4.78, 5) is 12.4. The first-order valence-electron chi connectivity index (χ1n) is 6.28. The fourth-order valence-corrected chi connectivity index (χ4v) is 2.64. The summed E-state index contributed by atoms with van der Waals surface area (Å²) in [6.07, 6.45) is -4.66. The van der Waals surface area contributed by atoms with E-state index in [0.29, 0.717) is 10.2 Å². The molecule has 0 N–H and O–H groups in total. The minimum atomic E-state index is -4.66. The highest BCUT2D eigenvalue weighted by Gasteiger charge is 2.38. The van der Waals surface area contributed by atoms with E-state index in [1.807, 2.05) is 0 Å². The van der Waals surface area contributed by atoms with Crippen LogP contribution in [-0.2, 0) is 6.18 Å². The SMILES string of the molecule is O=C(c1cccs1)n1nc(-c2ccccc2)cc1C(F)(F)F. The topological polar surface area (TPSA) is 34.9 Å². The summed E-state index contributed by atoms with van der Waals surface area (Å²) in [7, 11) is 0. The van der Waals surface area contributed by atoms with Crippen LogP contribution in [0.15, 0.2) is 53.9 Å². The summed E-state index contributed by atoms with van der Waals surface area (Å²) < 4.78 is 39.9. The lowest BCUT2D eigenvalue weighted by Gasteiger charge is -2.07. The van der Waals surface area contributed by atoms with Gasteiger partial charge in [-0.1, -0.05) is 36.4 Å². The molecule has 3 nitrogen and oxygen atoms in total. The lowest BCUT2D eigenvalue weighted by Crippen LogP contribution is -2.21. The van der Waals surface area contributed by atoms with Crippen LogP contribution in [0.2, 0.25) is 0 Å². The van der Waals surface area contributed by atoms with E-state index in [1.54, 1.807) is 41.8 Å². The van der Waals surface area contributed by atoms with Crippen molar-refractivity contribution in [1.29, 1.82) is 0 Å². The normalized spacial score (nSPS) is 11.6. The van der Waals surface area contributed by atoms with Crippen LogP contribution in [0.25, 0.3) is 11.3 Å². The van der Waals surface area contributed by atoms with Crippen molar-refractivity contribution in [3.8, 4) is 11.3 Å². The van der Waals surface area contributed by atoms with Gasteiger partial charge >= 0.3 is 6.18 Å². The highest BCUT2D eigenvalue weighted by Crippen LogP contribution is 2.33. The van der Waals surface area contributed by atoms with Crippen molar-refractivity contribution in [3.05, 3.63) is 64.5 Å². The smallest absolute Gasteiger partial charge is 0.266 e. The van der Waals surface area contributed by atoms with Crippen LogP contribution in [0.4, 0.5) is 13.2 Å². The first-order valence-corrected chi connectivity index (χ1v) is 7.15. The molecular formula is C15H9F3N2OS. The Morgan fingerprint density at radius 1 is 1.09 bits per heavy atom. The van der Waals surface area contributed by atoms with Crippen molar-refractivity contribution < 1.29 is 18.0 Å². The summed E-state index contributed by atoms with van der Waals surface area (Å²) in [5.74, 6) is -0.787. The summed E-state index contributed by atoms with van der Waals surface area (Å²) in [6, 6.07) is 12.4. The van der Waals surface area contributed by atoms with E-state index in [9.17, 15) is 18.0 Å². The van der Waals surface area contributed by atoms with Crippen molar-refractivity contribution >= 4 is 17.2 Å². The molecule has 7 heteroatoms. The average molecular weight is 322 g/mol. The summed E-state index contributed by atoms with van der Waals surface area (Å²) in [5, 5.41) is 5.48. The fraction of sp³-hybridized carbons (Fsp3) is 0.0667. The minimum absolute atomic E-state index is 0.109. The van der Waals surface area contributed by atoms with Gasteiger partial charge in [-0.3, -0.25) is 4.79 Å². The molecule has 3 rings (SSSR count). The lowest BCUT2D eigenvalue weighted by molar-refractivity contribution is -0.143. The van der Waals surface area contributed by atoms with Gasteiger partial charge in [-0.2, -0.15) is 23.0 Å². The first kappa shape index (κ1) is 14.5. The van der Waals surface area contributed by atoms with E-state index in [2.05, 4.69) is 5.10 Å². The monoisotopic (exact) mass is 322 g/mol. The number of nitrogens with zero attached hydrogens (tertiary/aromatic N) is 2. The molecule has 0 amide bonds. The quantitative estimate of drug-likeness (QED) is 0.704. The van der Waals surface area contributed by atoms with Gasteiger partial charge in [0.2, 0.25) is 0 Å². The number of alkyl halides is 3. The highest BCUT2D eigenvalue weighted by atomic mass is 32.1. The van der Waals surface area contributed by atoms with Gasteiger partial charge in [0, 0.05) is 5.56 Å². The van der Waals surface area contributed by atoms with Crippen molar-refractivity contribution in [2.45, 2.75) is 6.18 Å². The number of thiophene rings is 1. The molecule has 22 heavy (non-hydrogen) atoms. The minimum Gasteiger partial charge on any atom is -0.266 e. The van der Waals surface area contributed by atoms with Crippen molar-refractivity contribution in [1.82, 2.24) is 9.78 Å². The van der Waals surface area contributed by atoms with Crippen molar-refractivity contribution in [2.24, 2.45) is 0 Å². The molecule has 2 aromatic heterocycles. The van der Waals surface area contributed by atoms with Gasteiger partial charge in [0.15, 0.2) is 5.69 Å². The third-order valence-electron chi connectivity index (χ3n) is 2.99. The average Bonchev–Trinajstić information content (AvgIpc) is 3.16. The number of rotatable bonds is 2. The summed E-state index contributed by atoms with van der Waals surface area (Å²) in [6.45, 7) is 0. The van der Waals surface area contributed by atoms with Crippen LogP contribution in [0.5, 0.6) is 0 Å². The third kappa shape index (κ3) is 2.67. The molecule has 0 bridgehead atoms. The molecule has 0 aliphatic rings. The molecule has 0 spiro atoms. The first-order chi connectivity index (χ1) is 10.5. The zero-order chi connectivity index (χ0) is 15.7. The van der Waals surface area contributed by atoms with Gasteiger partial charge in [0.25, 0.3) is 5.91 Å². The molecule has 1 aromatic carbocycles. The van der Waals surface area contributed by atoms with Crippen LogP contribution in [0.1, 0.15) is 15.4 Å². The molecule has 0 saturated heterocycles. The number of benzene rings is 1. The molecular weight excluding hydrogens is 313 g/mol. The second-order valence-electron chi connectivity index (χ2n) is 4.47. The lowest BCUT2D eigenvalue weighted by atomic mass is 10.1. The number of carbonyl (C=O) groups is 1. The molecule has 0 aliphatic carbocycles. The Labute approximate surface area is 127 Å². The molecule has 0 unspecified atom stereocenters. The second-order valence-corrected chi connectivity index (χ2v) is 5.42. The van der Waals surface area contributed by atoms with Gasteiger partial charge in [-0.25, -0.2) is 0 Å². The Balaban J connectivity index is 2.12. The van der Waals surface area contributed by atoms with Crippen molar-refractivity contribution in [3.63, 3.8) is 0 Å². The molecule has 0 aliphatic heterocycles. The maximum Gasteiger partial charge on any atom is 0.433 e. The van der Waals surface area contributed by atoms with E-state index in [4.69, 9.17) is 0 Å². The molecule has 3 aromatic rings. The predicted molar refractivity (Wildman–Crippen MR) is 76.7 cm³/mol. The molecule has 0 fully saturated rings. The Morgan fingerprint density at radius 3 is 2.41 bits per heavy atom. The number of carbonyl (C=O) groups excluding carboxylic acids is 1. The molecule has 0 radical (unpaired) electrons. The second kappa shape index (κ2) is 5.42. The summed E-state index contributed by atoms with van der Waals surface area (Å²) >= 11 is 1.07. The third-order valence-corrected chi connectivity index (χ3v) is 3.85. The number of halogens is 3. The largest absolute Gasteiger partial charge is 0.433 e. The van der Waals surface area contributed by atoms with E-state index < -0.39 is 17.8 Å². The number of hydrogen-bond acceptors (Lipinski definition) is 3. The molecule has 112 valence electrons. The molecule has 2 heterocycles. The number of hydrogen-bond donors (Lipinski definition) is 0. The Kier molecular flexibility index (Phi) is 3.58. The van der Waals surface area contributed by atoms with Gasteiger partial charge in [0.05, 0.1) is 10.6 Å². The zero-order valence-electron chi connectivity index (χ0n) is 11.0. The maximum atomic E-state index is 13.2. The zero-order valence-corrected chi connectivity index (χ0v) is 11.9.